The quantitative estimate of drug-likeness (QED) is 0.133. The van der Waals surface area contributed by atoms with Gasteiger partial charge in [0.1, 0.15) is 11.9 Å². The highest BCUT2D eigenvalue weighted by molar-refractivity contribution is 5.84. The minimum absolute atomic E-state index is 0.0512. The summed E-state index contributed by atoms with van der Waals surface area (Å²) in [6.45, 7) is 8.40. The van der Waals surface area contributed by atoms with Gasteiger partial charge in [0.05, 0.1) is 0 Å². The predicted molar refractivity (Wildman–Crippen MR) is 133 cm³/mol. The molecule has 0 radical (unpaired) electrons. The standard InChI is InChI=1S/C28H48O5/c1-5-7-8-12-15-22(33-28(32)6-2)18-19-23-24(26(29)20-25(23)21(3)4)16-13-10-9-11-14-17-27(30)31/h18-19,21-25H,5-17,20H2,1-4H3,(H,30,31)/b19-18+. The van der Waals surface area contributed by atoms with Gasteiger partial charge in [-0.3, -0.25) is 14.4 Å². The zero-order valence-corrected chi connectivity index (χ0v) is 21.5. The third-order valence-corrected chi connectivity index (χ3v) is 7.03. The number of carboxylic acid groups (broad SMARTS) is 1. The number of hydrogen-bond donors (Lipinski definition) is 1. The fourth-order valence-electron chi connectivity index (χ4n) is 4.99. The molecule has 0 aromatic carbocycles. The van der Waals surface area contributed by atoms with Crippen LogP contribution in [-0.2, 0) is 19.1 Å². The highest BCUT2D eigenvalue weighted by Gasteiger charge is 2.41. The Morgan fingerprint density at radius 2 is 1.70 bits per heavy atom. The Morgan fingerprint density at radius 3 is 2.33 bits per heavy atom. The Kier molecular flexibility index (Phi) is 15.0. The van der Waals surface area contributed by atoms with Gasteiger partial charge in [0, 0.05) is 25.2 Å². The zero-order chi connectivity index (χ0) is 24.6. The number of carboxylic acids is 1. The molecule has 0 spiro atoms. The van der Waals surface area contributed by atoms with E-state index in [4.69, 9.17) is 9.84 Å². The van der Waals surface area contributed by atoms with E-state index in [1.165, 1.54) is 12.8 Å². The third kappa shape index (κ3) is 11.9. The average Bonchev–Trinajstić information content (AvgIpc) is 3.09. The van der Waals surface area contributed by atoms with Gasteiger partial charge in [-0.1, -0.05) is 78.7 Å². The van der Waals surface area contributed by atoms with Crippen molar-refractivity contribution in [2.45, 2.75) is 124 Å². The van der Waals surface area contributed by atoms with Crippen molar-refractivity contribution in [2.24, 2.45) is 23.7 Å². The van der Waals surface area contributed by atoms with Crippen LogP contribution in [-0.4, -0.2) is 28.9 Å². The molecule has 1 aliphatic carbocycles. The number of esters is 1. The summed E-state index contributed by atoms with van der Waals surface area (Å²) >= 11 is 0. The monoisotopic (exact) mass is 464 g/mol. The lowest BCUT2D eigenvalue weighted by molar-refractivity contribution is -0.146. The molecule has 5 nitrogen and oxygen atoms in total. The van der Waals surface area contributed by atoms with E-state index in [0.717, 1.165) is 57.8 Å². The second-order valence-corrected chi connectivity index (χ2v) is 10.1. The smallest absolute Gasteiger partial charge is 0.306 e. The summed E-state index contributed by atoms with van der Waals surface area (Å²) in [6.07, 6.45) is 16.4. The first-order valence-electron chi connectivity index (χ1n) is 13.4. The molecule has 33 heavy (non-hydrogen) atoms. The van der Waals surface area contributed by atoms with Gasteiger partial charge in [-0.15, -0.1) is 0 Å². The van der Waals surface area contributed by atoms with Crippen LogP contribution in [0.3, 0.4) is 0 Å². The Balaban J connectivity index is 2.72. The third-order valence-electron chi connectivity index (χ3n) is 7.03. The molecular weight excluding hydrogens is 416 g/mol. The van der Waals surface area contributed by atoms with Gasteiger partial charge in [0.2, 0.25) is 0 Å². The van der Waals surface area contributed by atoms with Crippen LogP contribution in [0.15, 0.2) is 12.2 Å². The predicted octanol–water partition coefficient (Wildman–Crippen LogP) is 7.13. The number of ether oxygens (including phenoxy) is 1. The lowest BCUT2D eigenvalue weighted by atomic mass is 9.80. The molecule has 1 N–H and O–H groups in total. The first kappa shape index (κ1) is 29.4. The lowest BCUT2D eigenvalue weighted by Gasteiger charge is -2.24. The first-order valence-corrected chi connectivity index (χ1v) is 13.4. The van der Waals surface area contributed by atoms with E-state index < -0.39 is 5.97 Å². The maximum Gasteiger partial charge on any atom is 0.306 e. The topological polar surface area (TPSA) is 80.7 Å². The zero-order valence-electron chi connectivity index (χ0n) is 21.5. The number of carbonyl (C=O) groups is 3. The van der Waals surface area contributed by atoms with Gasteiger partial charge in [-0.25, -0.2) is 0 Å². The van der Waals surface area contributed by atoms with Crippen LogP contribution in [0.5, 0.6) is 0 Å². The molecule has 0 aliphatic heterocycles. The lowest BCUT2D eigenvalue weighted by Crippen LogP contribution is -2.21. The Bertz CT molecular complexity index is 609. The summed E-state index contributed by atoms with van der Waals surface area (Å²) in [6, 6.07) is 0. The summed E-state index contributed by atoms with van der Waals surface area (Å²) in [5.74, 6) is 0.525. The van der Waals surface area contributed by atoms with Crippen LogP contribution in [0.4, 0.5) is 0 Å². The summed E-state index contributed by atoms with van der Waals surface area (Å²) in [5.41, 5.74) is 0. The summed E-state index contributed by atoms with van der Waals surface area (Å²) in [4.78, 5) is 35.4. The van der Waals surface area contributed by atoms with Gasteiger partial charge in [0.15, 0.2) is 0 Å². The molecule has 1 saturated carbocycles. The fourth-order valence-corrected chi connectivity index (χ4v) is 4.99. The Hall–Kier alpha value is -1.65. The number of aliphatic carboxylic acids is 1. The largest absolute Gasteiger partial charge is 0.481 e. The van der Waals surface area contributed by atoms with Crippen molar-refractivity contribution in [3.63, 3.8) is 0 Å². The molecule has 4 atom stereocenters. The van der Waals surface area contributed by atoms with Crippen molar-refractivity contribution in [1.29, 1.82) is 0 Å². The molecular formula is C28H48O5. The van der Waals surface area contributed by atoms with E-state index in [1.54, 1.807) is 0 Å². The summed E-state index contributed by atoms with van der Waals surface area (Å²) < 4.78 is 5.70. The van der Waals surface area contributed by atoms with Gasteiger partial charge in [-0.05, 0) is 49.5 Å². The van der Waals surface area contributed by atoms with E-state index in [0.29, 0.717) is 30.5 Å². The molecule has 4 unspecified atom stereocenters. The highest BCUT2D eigenvalue weighted by Crippen LogP contribution is 2.42. The van der Waals surface area contributed by atoms with Crippen molar-refractivity contribution < 1.29 is 24.2 Å². The molecule has 0 heterocycles. The summed E-state index contributed by atoms with van der Waals surface area (Å²) in [7, 11) is 0. The van der Waals surface area contributed by atoms with Crippen LogP contribution in [0.1, 0.15) is 118 Å². The number of ketones is 1. The van der Waals surface area contributed by atoms with Gasteiger partial charge in [-0.2, -0.15) is 0 Å². The number of allylic oxidation sites excluding steroid dienone is 1. The SMILES string of the molecule is CCCCCCC(/C=C/C1C(CCCCCCCC(=O)O)C(=O)CC1C(C)C)OC(=O)CC. The molecule has 1 rings (SSSR count). The van der Waals surface area contributed by atoms with Crippen LogP contribution in [0, 0.1) is 23.7 Å². The highest BCUT2D eigenvalue weighted by atomic mass is 16.5. The molecule has 190 valence electrons. The second kappa shape index (κ2) is 16.9. The second-order valence-electron chi connectivity index (χ2n) is 10.1. The molecule has 1 fully saturated rings. The van der Waals surface area contributed by atoms with Gasteiger partial charge in [0.25, 0.3) is 0 Å². The number of carbonyl (C=O) groups excluding carboxylic acids is 2. The van der Waals surface area contributed by atoms with Crippen LogP contribution in [0.2, 0.25) is 0 Å². The average molecular weight is 465 g/mol. The number of unbranched alkanes of at least 4 members (excludes halogenated alkanes) is 7. The van der Waals surface area contributed by atoms with E-state index in [2.05, 4.69) is 32.9 Å². The number of rotatable bonds is 18. The number of hydrogen-bond acceptors (Lipinski definition) is 4. The molecule has 0 aromatic rings. The minimum Gasteiger partial charge on any atom is -0.481 e. The summed E-state index contributed by atoms with van der Waals surface area (Å²) in [5, 5.41) is 8.74. The minimum atomic E-state index is -0.728. The van der Waals surface area contributed by atoms with Crippen molar-refractivity contribution >= 4 is 17.7 Å². The molecule has 5 heteroatoms. The molecule has 0 bridgehead atoms. The van der Waals surface area contributed by atoms with Gasteiger partial charge < -0.3 is 9.84 Å². The van der Waals surface area contributed by atoms with Crippen LogP contribution in [0.25, 0.3) is 0 Å². The molecule has 0 amide bonds. The Labute approximate surface area is 201 Å². The number of Topliss-reactive ketones (excluding diaryl/α,β-unsaturated/α-hetero) is 1. The van der Waals surface area contributed by atoms with Crippen LogP contribution < -0.4 is 0 Å². The molecule has 0 saturated heterocycles. The maximum atomic E-state index is 12.9. The maximum absolute atomic E-state index is 12.9. The van der Waals surface area contributed by atoms with E-state index >= 15 is 0 Å². The van der Waals surface area contributed by atoms with Crippen molar-refractivity contribution in [1.82, 2.24) is 0 Å². The van der Waals surface area contributed by atoms with Crippen molar-refractivity contribution in [2.75, 3.05) is 0 Å². The van der Waals surface area contributed by atoms with Crippen molar-refractivity contribution in [3.05, 3.63) is 12.2 Å². The Morgan fingerprint density at radius 1 is 1.03 bits per heavy atom. The van der Waals surface area contributed by atoms with E-state index in [-0.39, 0.29) is 30.3 Å². The van der Waals surface area contributed by atoms with E-state index in [1.807, 2.05) is 6.92 Å². The molecule has 1 aliphatic rings. The molecule has 0 aromatic heterocycles. The van der Waals surface area contributed by atoms with Crippen molar-refractivity contribution in [3.8, 4) is 0 Å². The van der Waals surface area contributed by atoms with E-state index in [9.17, 15) is 14.4 Å². The fraction of sp³-hybridized carbons (Fsp3) is 0.821. The van der Waals surface area contributed by atoms with Crippen LogP contribution >= 0.6 is 0 Å². The van der Waals surface area contributed by atoms with Gasteiger partial charge >= 0.3 is 11.9 Å². The normalized spacial score (nSPS) is 21.7. The first-order chi connectivity index (χ1) is 15.8.